The van der Waals surface area contributed by atoms with Gasteiger partial charge in [-0.25, -0.2) is 0 Å². The molecule has 0 radical (unpaired) electrons. The van der Waals surface area contributed by atoms with E-state index >= 15 is 0 Å². The van der Waals surface area contributed by atoms with E-state index in [1.54, 1.807) is 18.2 Å². The van der Waals surface area contributed by atoms with Gasteiger partial charge in [0.15, 0.2) is 0 Å². The van der Waals surface area contributed by atoms with Crippen LogP contribution >= 0.6 is 12.4 Å². The van der Waals surface area contributed by atoms with E-state index in [4.69, 9.17) is 5.73 Å². The van der Waals surface area contributed by atoms with Crippen molar-refractivity contribution < 1.29 is 9.59 Å². The van der Waals surface area contributed by atoms with Crippen LogP contribution in [0.5, 0.6) is 0 Å². The van der Waals surface area contributed by atoms with Gasteiger partial charge in [-0.2, -0.15) is 0 Å². The molecule has 1 atom stereocenters. The molecule has 0 bridgehead atoms. The van der Waals surface area contributed by atoms with E-state index < -0.39 is 0 Å². The predicted molar refractivity (Wildman–Crippen MR) is 108 cm³/mol. The lowest BCUT2D eigenvalue weighted by Gasteiger charge is -2.18. The van der Waals surface area contributed by atoms with E-state index in [0.717, 1.165) is 21.9 Å². The third-order valence-corrected chi connectivity index (χ3v) is 4.77. The van der Waals surface area contributed by atoms with Crippen LogP contribution in [0.25, 0.3) is 10.8 Å². The highest BCUT2D eigenvalue weighted by Gasteiger charge is 2.21. The maximum absolute atomic E-state index is 12.7. The minimum Gasteiger partial charge on any atom is -0.348 e. The Morgan fingerprint density at radius 3 is 2.63 bits per heavy atom. The summed E-state index contributed by atoms with van der Waals surface area (Å²) >= 11 is 0. The first kappa shape index (κ1) is 18.9. The van der Waals surface area contributed by atoms with Crippen molar-refractivity contribution in [2.45, 2.75) is 12.6 Å². The first-order valence-electron chi connectivity index (χ1n) is 8.56. The SMILES string of the molecule is Cl.NCC(NC(=O)c1ccc2c(c1)CNC2=O)c1ccc2ccccc2c1. The summed E-state index contributed by atoms with van der Waals surface area (Å²) in [5.41, 5.74) is 8.89. The first-order valence-corrected chi connectivity index (χ1v) is 8.56. The van der Waals surface area contributed by atoms with Crippen LogP contribution in [0.4, 0.5) is 0 Å². The lowest BCUT2D eigenvalue weighted by Crippen LogP contribution is -2.33. The van der Waals surface area contributed by atoms with Gasteiger partial charge in [0.1, 0.15) is 0 Å². The molecule has 5 nitrogen and oxygen atoms in total. The van der Waals surface area contributed by atoms with Crippen molar-refractivity contribution in [1.29, 1.82) is 0 Å². The summed E-state index contributed by atoms with van der Waals surface area (Å²) in [6.07, 6.45) is 0. The van der Waals surface area contributed by atoms with Gasteiger partial charge in [-0.3, -0.25) is 9.59 Å². The highest BCUT2D eigenvalue weighted by Crippen LogP contribution is 2.21. The molecule has 27 heavy (non-hydrogen) atoms. The van der Waals surface area contributed by atoms with Crippen molar-refractivity contribution in [2.75, 3.05) is 6.54 Å². The van der Waals surface area contributed by atoms with E-state index in [2.05, 4.69) is 22.8 Å². The summed E-state index contributed by atoms with van der Waals surface area (Å²) in [7, 11) is 0. The number of carbonyl (C=O) groups is 2. The number of hydrogen-bond donors (Lipinski definition) is 3. The average Bonchev–Trinajstić information content (AvgIpc) is 3.06. The second-order valence-corrected chi connectivity index (χ2v) is 6.42. The van der Waals surface area contributed by atoms with Gasteiger partial charge < -0.3 is 16.4 Å². The summed E-state index contributed by atoms with van der Waals surface area (Å²) in [6, 6.07) is 19.0. The number of nitrogens with one attached hydrogen (secondary N) is 2. The molecule has 0 aromatic heterocycles. The van der Waals surface area contributed by atoms with Crippen LogP contribution in [-0.2, 0) is 6.54 Å². The number of fused-ring (bicyclic) bond motifs is 2. The zero-order valence-electron chi connectivity index (χ0n) is 14.6. The first-order chi connectivity index (χ1) is 12.7. The molecular formula is C21H20ClN3O2. The number of nitrogens with two attached hydrogens (primary N) is 1. The van der Waals surface area contributed by atoms with Crippen molar-refractivity contribution in [1.82, 2.24) is 10.6 Å². The van der Waals surface area contributed by atoms with Gasteiger partial charge in [-0.15, -0.1) is 12.4 Å². The Bertz CT molecular complexity index is 1020. The number of carbonyl (C=O) groups excluding carboxylic acids is 2. The van der Waals surface area contributed by atoms with Crippen molar-refractivity contribution in [2.24, 2.45) is 5.73 Å². The maximum Gasteiger partial charge on any atom is 0.251 e. The van der Waals surface area contributed by atoms with Gasteiger partial charge in [0.25, 0.3) is 11.8 Å². The van der Waals surface area contributed by atoms with Crippen LogP contribution in [-0.4, -0.2) is 18.4 Å². The van der Waals surface area contributed by atoms with E-state index in [1.165, 1.54) is 0 Å². The smallest absolute Gasteiger partial charge is 0.251 e. The summed E-state index contributed by atoms with van der Waals surface area (Å²) in [6.45, 7) is 0.759. The number of rotatable bonds is 4. The van der Waals surface area contributed by atoms with Gasteiger partial charge in [0.2, 0.25) is 0 Å². The van der Waals surface area contributed by atoms with Crippen LogP contribution in [0.15, 0.2) is 60.7 Å². The molecule has 0 fully saturated rings. The quantitative estimate of drug-likeness (QED) is 0.649. The Balaban J connectivity index is 0.00000210. The largest absolute Gasteiger partial charge is 0.348 e. The molecule has 4 rings (SSSR count). The van der Waals surface area contributed by atoms with Crippen LogP contribution < -0.4 is 16.4 Å². The fraction of sp³-hybridized carbons (Fsp3) is 0.143. The summed E-state index contributed by atoms with van der Waals surface area (Å²) in [5, 5.41) is 8.01. The summed E-state index contributed by atoms with van der Waals surface area (Å²) in [4.78, 5) is 24.3. The topological polar surface area (TPSA) is 84.2 Å². The molecule has 6 heteroatoms. The molecule has 3 aromatic carbocycles. The Morgan fingerprint density at radius 2 is 1.85 bits per heavy atom. The molecular weight excluding hydrogens is 362 g/mol. The minimum atomic E-state index is -0.278. The lowest BCUT2D eigenvalue weighted by atomic mass is 10.0. The standard InChI is InChI=1S/C21H19N3O2.ClH/c22-11-19(15-6-5-13-3-1-2-4-14(13)9-15)24-20(25)16-7-8-18-17(10-16)12-23-21(18)26;/h1-10,19H,11-12,22H2,(H,23,26)(H,24,25);1H. The van der Waals surface area contributed by atoms with Gasteiger partial charge in [-0.1, -0.05) is 36.4 Å². The molecule has 0 spiro atoms. The molecule has 1 aliphatic rings. The third kappa shape index (κ3) is 3.65. The molecule has 4 N–H and O–H groups in total. The van der Waals surface area contributed by atoms with Gasteiger partial charge in [0, 0.05) is 24.2 Å². The van der Waals surface area contributed by atoms with Crippen molar-refractivity contribution in [3.8, 4) is 0 Å². The van der Waals surface area contributed by atoms with E-state index in [1.807, 2.05) is 30.3 Å². The molecule has 3 aromatic rings. The molecule has 1 unspecified atom stereocenters. The zero-order chi connectivity index (χ0) is 18.1. The van der Waals surface area contributed by atoms with Gasteiger partial charge in [0.05, 0.1) is 6.04 Å². The predicted octanol–water partition coefficient (Wildman–Crippen LogP) is 2.93. The third-order valence-electron chi connectivity index (χ3n) is 4.77. The lowest BCUT2D eigenvalue weighted by molar-refractivity contribution is 0.0934. The summed E-state index contributed by atoms with van der Waals surface area (Å²) < 4.78 is 0. The second kappa shape index (κ2) is 7.78. The Morgan fingerprint density at radius 1 is 1.07 bits per heavy atom. The maximum atomic E-state index is 12.7. The fourth-order valence-corrected chi connectivity index (χ4v) is 3.32. The molecule has 0 saturated carbocycles. The molecule has 2 amide bonds. The van der Waals surface area contributed by atoms with Crippen LogP contribution in [0.3, 0.4) is 0 Å². The Labute approximate surface area is 163 Å². The molecule has 1 heterocycles. The van der Waals surface area contributed by atoms with Gasteiger partial charge in [-0.05, 0) is 46.2 Å². The van der Waals surface area contributed by atoms with Crippen LogP contribution in [0, 0.1) is 0 Å². The molecule has 0 saturated heterocycles. The molecule has 0 aliphatic carbocycles. The average molecular weight is 382 g/mol. The fourth-order valence-electron chi connectivity index (χ4n) is 3.32. The summed E-state index contributed by atoms with van der Waals surface area (Å²) in [5.74, 6) is -0.293. The number of halogens is 1. The Hall–Kier alpha value is -2.89. The van der Waals surface area contributed by atoms with E-state index in [-0.39, 0.29) is 30.3 Å². The zero-order valence-corrected chi connectivity index (χ0v) is 15.4. The number of hydrogen-bond acceptors (Lipinski definition) is 3. The monoisotopic (exact) mass is 381 g/mol. The van der Waals surface area contributed by atoms with Crippen LogP contribution in [0.1, 0.15) is 37.9 Å². The number of benzene rings is 3. The van der Waals surface area contributed by atoms with Gasteiger partial charge >= 0.3 is 0 Å². The minimum absolute atomic E-state index is 0. The highest BCUT2D eigenvalue weighted by atomic mass is 35.5. The van der Waals surface area contributed by atoms with E-state index in [0.29, 0.717) is 24.2 Å². The normalized spacial score (nSPS) is 13.4. The molecule has 138 valence electrons. The molecule has 1 aliphatic heterocycles. The second-order valence-electron chi connectivity index (χ2n) is 6.42. The van der Waals surface area contributed by atoms with Crippen molar-refractivity contribution >= 4 is 35.0 Å². The van der Waals surface area contributed by atoms with E-state index in [9.17, 15) is 9.59 Å². The highest BCUT2D eigenvalue weighted by molar-refractivity contribution is 6.01. The Kier molecular flexibility index (Phi) is 5.44. The number of amides is 2. The van der Waals surface area contributed by atoms with Crippen molar-refractivity contribution in [3.05, 3.63) is 82.9 Å². The van der Waals surface area contributed by atoms with Crippen LogP contribution in [0.2, 0.25) is 0 Å². The van der Waals surface area contributed by atoms with Crippen molar-refractivity contribution in [3.63, 3.8) is 0 Å².